The predicted molar refractivity (Wildman–Crippen MR) is 387 cm³/mol. The van der Waals surface area contributed by atoms with Gasteiger partial charge in [-0.3, -0.25) is 57.5 Å². The number of carbonyl (C=O) groups is 12. The second kappa shape index (κ2) is 37.5. The fraction of sp³-hybridized carbons (Fsp3) is 0.840. The number of amides is 12. The van der Waals surface area contributed by atoms with Gasteiger partial charge in [0.2, 0.25) is 70.9 Å². The van der Waals surface area contributed by atoms with Crippen LogP contribution in [0.4, 0.5) is 13.2 Å². The number of alkyl halides is 4. The van der Waals surface area contributed by atoms with E-state index < -0.39 is 173 Å². The Balaban J connectivity index is 1.31. The predicted octanol–water partition coefficient (Wildman–Crippen LogP) is 5.93. The van der Waals surface area contributed by atoms with Gasteiger partial charge in [-0.2, -0.15) is 13.2 Å². The molecule has 7 aliphatic rings. The van der Waals surface area contributed by atoms with E-state index in [0.29, 0.717) is 58.0 Å². The van der Waals surface area contributed by atoms with Gasteiger partial charge in [-0.15, -0.1) is 11.6 Å². The van der Waals surface area contributed by atoms with Crippen molar-refractivity contribution in [3.8, 4) is 0 Å². The quantitative estimate of drug-likeness (QED) is 0.156. The van der Waals surface area contributed by atoms with Crippen molar-refractivity contribution in [2.75, 3.05) is 89.6 Å². The lowest BCUT2D eigenvalue weighted by Crippen LogP contribution is -2.65. The van der Waals surface area contributed by atoms with E-state index in [1.54, 1.807) is 6.92 Å². The molecule has 0 aromatic heterocycles. The molecule has 1 spiro atoms. The molecule has 4 aliphatic carbocycles. The van der Waals surface area contributed by atoms with Crippen LogP contribution in [0.2, 0.25) is 0 Å². The molecule has 3 unspecified atom stereocenters. The molecule has 4 saturated carbocycles. The normalized spacial score (nSPS) is 30.8. The highest BCUT2D eigenvalue weighted by atomic mass is 35.5. The summed E-state index contributed by atoms with van der Waals surface area (Å²) in [6.07, 6.45) is 5.64. The molecular formula is C75H123ClF3N13O12. The minimum Gasteiger partial charge on any atom is -0.347 e. The fourth-order valence-corrected chi connectivity index (χ4v) is 17.8. The lowest BCUT2D eigenvalue weighted by molar-refractivity contribution is -0.182. The topological polar surface area (TPSA) is 282 Å². The van der Waals surface area contributed by atoms with E-state index in [9.17, 15) is 46.7 Å². The van der Waals surface area contributed by atoms with E-state index in [1.165, 1.54) is 114 Å². The van der Waals surface area contributed by atoms with Crippen molar-refractivity contribution in [1.82, 2.24) is 65.4 Å². The summed E-state index contributed by atoms with van der Waals surface area (Å²) >= 11 is 6.46. The Bertz CT molecular complexity index is 3030. The van der Waals surface area contributed by atoms with Crippen molar-refractivity contribution in [2.45, 2.75) is 273 Å². The van der Waals surface area contributed by atoms with E-state index in [1.807, 2.05) is 20.8 Å². The number of halogens is 4. The number of fused-ring (bicyclic) bond motifs is 1. The van der Waals surface area contributed by atoms with Crippen molar-refractivity contribution in [2.24, 2.45) is 41.4 Å². The first-order valence-corrected chi connectivity index (χ1v) is 39.1. The maximum Gasteiger partial charge on any atom is 0.393 e. The van der Waals surface area contributed by atoms with Crippen molar-refractivity contribution in [1.29, 1.82) is 0 Å². The third-order valence-corrected chi connectivity index (χ3v) is 25.0. The van der Waals surface area contributed by atoms with Crippen LogP contribution in [0.3, 0.4) is 0 Å². The Labute approximate surface area is 619 Å². The highest BCUT2D eigenvalue weighted by molar-refractivity contribution is 6.21. The number of piperidine rings is 1. The standard InChI is InChI=1S/C75H123ClF3N13O12/c1-15-46(4)62-71(102)86(9)47(5)66(97)92-38-33-55(92)70(101)89(12)58(42-48-23-17-16-18-24-48)69(100)85(8)44-60(93)81-54(30-28-49-27-29-52(53(76)40-49)75(77,78)79)67(98)88(11)57(41-50-31-36-80-37-32-50)65(96)83-74(34-21-22-35-74)73(104)91(14)63(51-25-19-20-26-51)72(103)90(13)59(68(99)84(6)7)43-61(94)87(10)56(39-45(2)3)64(95)82-62/h45-59,62-63,80H,15-44H2,1-14H3,(H,81,93)(H,82,95)(H,83,96)/t46-,47-,49?,52?,53?,54-,55-,56-,57-,58-,59-,62-,63-/m0/s1. The van der Waals surface area contributed by atoms with Crippen LogP contribution >= 0.6 is 11.6 Å². The first-order valence-electron chi connectivity index (χ1n) is 38.6. The molecule has 7 rings (SSSR count). The molecule has 4 N–H and O–H groups in total. The van der Waals surface area contributed by atoms with Crippen LogP contribution in [0.5, 0.6) is 0 Å². The van der Waals surface area contributed by atoms with E-state index >= 15 is 24.0 Å². The van der Waals surface area contributed by atoms with E-state index in [-0.39, 0.29) is 101 Å². The molecule has 25 nitrogen and oxygen atoms in total. The molecule has 3 heterocycles. The monoisotopic (exact) mass is 1490 g/mol. The molecule has 0 aromatic carbocycles. The molecule has 13 atom stereocenters. The van der Waals surface area contributed by atoms with Crippen LogP contribution in [-0.4, -0.2) is 276 Å². The maximum atomic E-state index is 15.8. The van der Waals surface area contributed by atoms with Crippen molar-refractivity contribution < 1.29 is 70.7 Å². The average Bonchev–Trinajstić information content (AvgIpc) is 1.07. The van der Waals surface area contributed by atoms with Gasteiger partial charge in [0.15, 0.2) is 0 Å². The van der Waals surface area contributed by atoms with Crippen LogP contribution in [0, 0.1) is 41.4 Å². The average molecular weight is 1490 g/mol. The summed E-state index contributed by atoms with van der Waals surface area (Å²) in [6, 6.07) is -11.0. The first kappa shape index (κ1) is 84.9. The van der Waals surface area contributed by atoms with Gasteiger partial charge in [-0.05, 0) is 152 Å². The van der Waals surface area contributed by atoms with Gasteiger partial charge in [0, 0.05) is 75.4 Å². The third-order valence-electron chi connectivity index (χ3n) is 24.6. The molecule has 0 aromatic rings. The Morgan fingerprint density at radius 3 is 1.78 bits per heavy atom. The van der Waals surface area contributed by atoms with Crippen LogP contribution in [0.1, 0.15) is 202 Å². The Morgan fingerprint density at radius 1 is 0.615 bits per heavy atom. The summed E-state index contributed by atoms with van der Waals surface area (Å²) in [4.78, 5) is 193. The van der Waals surface area contributed by atoms with Crippen LogP contribution in [0.25, 0.3) is 0 Å². The van der Waals surface area contributed by atoms with Gasteiger partial charge in [-0.1, -0.05) is 91.9 Å². The minimum absolute atomic E-state index is 0.00961. The van der Waals surface area contributed by atoms with Crippen molar-refractivity contribution in [3.63, 3.8) is 0 Å². The van der Waals surface area contributed by atoms with E-state index in [4.69, 9.17) is 11.6 Å². The SMILES string of the molecule is CC[C@H](C)[C@@H]1NC(=O)[C@H](CC(C)C)N(C)C(=O)C[C@@H](C(=O)N(C)C)N(C)C(=O)[C@H](C2CCCC2)N(C)C(=O)C2(CCCC2)NC(=O)[C@H](CC2CCNCC2)N(C)C(=O)[C@H](CCC2CCC(C(F)(F)F)C(Cl)C2)NC(=O)CN(C)C(=O)[C@H](CC2CCCCC2)N(C)C(=O)[C@@H]2CCN2C(=O)[C@H](C)N(C)C1=O. The lowest BCUT2D eigenvalue weighted by atomic mass is 9.78. The van der Waals surface area contributed by atoms with Gasteiger partial charge in [0.05, 0.1) is 18.9 Å². The van der Waals surface area contributed by atoms with Crippen LogP contribution in [0.15, 0.2) is 0 Å². The van der Waals surface area contributed by atoms with Gasteiger partial charge in [0.1, 0.15) is 59.9 Å². The zero-order chi connectivity index (χ0) is 77.0. The summed E-state index contributed by atoms with van der Waals surface area (Å²) in [5.74, 6) is -10.8. The summed E-state index contributed by atoms with van der Waals surface area (Å²) in [7, 11) is 13.2. The molecule has 12 amide bonds. The van der Waals surface area contributed by atoms with E-state index in [2.05, 4.69) is 21.3 Å². The van der Waals surface area contributed by atoms with Crippen molar-refractivity contribution >= 4 is 82.5 Å². The number of hydrogen-bond donors (Lipinski definition) is 4. The van der Waals surface area contributed by atoms with Crippen molar-refractivity contribution in [3.05, 3.63) is 0 Å². The summed E-state index contributed by atoms with van der Waals surface area (Å²) in [5, 5.41) is 11.1. The number of nitrogens with one attached hydrogen (secondary N) is 4. The first-order chi connectivity index (χ1) is 48.9. The zero-order valence-corrected chi connectivity index (χ0v) is 65.2. The number of carbonyl (C=O) groups excluding carboxylic acids is 12. The molecule has 7 fully saturated rings. The molecule has 588 valence electrons. The number of nitrogens with zero attached hydrogens (tertiary/aromatic N) is 9. The van der Waals surface area contributed by atoms with Crippen LogP contribution < -0.4 is 21.3 Å². The number of likely N-dealkylation sites (N-methyl/N-ethyl adjacent to an activating group) is 8. The molecular weight excluding hydrogens is 1370 g/mol. The second-order valence-corrected chi connectivity index (χ2v) is 33.0. The Hall–Kier alpha value is -6.32. The second-order valence-electron chi connectivity index (χ2n) is 32.4. The molecule has 0 radical (unpaired) electrons. The molecule has 0 bridgehead atoms. The summed E-state index contributed by atoms with van der Waals surface area (Å²) in [5.41, 5.74) is -1.59. The smallest absolute Gasteiger partial charge is 0.347 e. The Morgan fingerprint density at radius 2 is 1.21 bits per heavy atom. The molecule has 3 saturated heterocycles. The van der Waals surface area contributed by atoms with Gasteiger partial charge >= 0.3 is 6.18 Å². The molecule has 29 heteroatoms. The zero-order valence-electron chi connectivity index (χ0n) is 64.5. The van der Waals surface area contributed by atoms with Gasteiger partial charge in [0.25, 0.3) is 0 Å². The number of rotatable bonds is 13. The summed E-state index contributed by atoms with van der Waals surface area (Å²) < 4.78 is 42.4. The van der Waals surface area contributed by atoms with E-state index in [0.717, 1.165) is 44.9 Å². The summed E-state index contributed by atoms with van der Waals surface area (Å²) in [6.45, 7) is 9.70. The lowest BCUT2D eigenvalue weighted by Gasteiger charge is -2.45. The van der Waals surface area contributed by atoms with Gasteiger partial charge < -0.3 is 65.4 Å². The third kappa shape index (κ3) is 20.7. The minimum atomic E-state index is -4.52. The highest BCUT2D eigenvalue weighted by Crippen LogP contribution is 2.44. The maximum absolute atomic E-state index is 15.8. The van der Waals surface area contributed by atoms with Crippen LogP contribution in [-0.2, 0) is 57.5 Å². The molecule has 104 heavy (non-hydrogen) atoms. The number of hydrogen-bond acceptors (Lipinski definition) is 13. The fourth-order valence-electron chi connectivity index (χ4n) is 17.3. The largest absolute Gasteiger partial charge is 0.393 e. The van der Waals surface area contributed by atoms with Gasteiger partial charge in [-0.25, -0.2) is 0 Å². The Kier molecular flexibility index (Phi) is 30.6. The highest BCUT2D eigenvalue weighted by Gasteiger charge is 2.53. The molecule has 3 aliphatic heterocycles.